The van der Waals surface area contributed by atoms with E-state index < -0.39 is 0 Å². The highest BCUT2D eigenvalue weighted by Crippen LogP contribution is 2.43. The number of hydrogen-bond acceptors (Lipinski definition) is 3. The van der Waals surface area contributed by atoms with Crippen molar-refractivity contribution in [1.29, 1.82) is 5.26 Å². The smallest absolute Gasteiger partial charge is 0.120 e. The molecule has 0 aliphatic heterocycles. The fraction of sp³-hybridized carbons (Fsp3) is 0.375. The molecule has 1 aliphatic carbocycles. The summed E-state index contributed by atoms with van der Waals surface area (Å²) in [5, 5.41) is 14.5. The molecule has 0 spiro atoms. The SMILES string of the molecule is CCOc1ccc2c(c1)c(C#N)c(-c1ccc(NC(C)C)cc1)n2C1CCC1. The van der Waals surface area contributed by atoms with Crippen molar-refractivity contribution < 1.29 is 4.74 Å². The minimum Gasteiger partial charge on any atom is -0.494 e. The Morgan fingerprint density at radius 3 is 2.50 bits per heavy atom. The average molecular weight is 374 g/mol. The molecule has 1 aromatic heterocycles. The van der Waals surface area contributed by atoms with Crippen LogP contribution in [-0.2, 0) is 0 Å². The highest BCUT2D eigenvalue weighted by molar-refractivity contribution is 5.95. The third-order valence-corrected chi connectivity index (χ3v) is 5.45. The van der Waals surface area contributed by atoms with E-state index in [2.05, 4.69) is 60.1 Å². The van der Waals surface area contributed by atoms with Crippen molar-refractivity contribution in [3.63, 3.8) is 0 Å². The van der Waals surface area contributed by atoms with Gasteiger partial charge in [-0.15, -0.1) is 0 Å². The van der Waals surface area contributed by atoms with Crippen molar-refractivity contribution in [1.82, 2.24) is 4.57 Å². The summed E-state index contributed by atoms with van der Waals surface area (Å²) in [6.07, 6.45) is 3.59. The van der Waals surface area contributed by atoms with Crippen molar-refractivity contribution in [2.24, 2.45) is 0 Å². The van der Waals surface area contributed by atoms with Crippen LogP contribution in [0, 0.1) is 11.3 Å². The molecule has 0 amide bonds. The number of fused-ring (bicyclic) bond motifs is 1. The fourth-order valence-corrected chi connectivity index (χ4v) is 4.03. The lowest BCUT2D eigenvalue weighted by atomic mass is 9.92. The van der Waals surface area contributed by atoms with E-state index in [4.69, 9.17) is 4.74 Å². The van der Waals surface area contributed by atoms with Gasteiger partial charge in [0.05, 0.1) is 23.4 Å². The van der Waals surface area contributed by atoms with E-state index in [1.165, 1.54) is 19.3 Å². The molecule has 1 heterocycles. The highest BCUT2D eigenvalue weighted by Gasteiger charge is 2.27. The van der Waals surface area contributed by atoms with Crippen molar-refractivity contribution in [3.8, 4) is 23.1 Å². The van der Waals surface area contributed by atoms with Crippen LogP contribution in [0.15, 0.2) is 42.5 Å². The molecule has 0 bridgehead atoms. The van der Waals surface area contributed by atoms with Crippen LogP contribution in [-0.4, -0.2) is 17.2 Å². The number of nitriles is 1. The molecule has 4 heteroatoms. The van der Waals surface area contributed by atoms with Crippen LogP contribution in [0.25, 0.3) is 22.2 Å². The zero-order valence-electron chi connectivity index (χ0n) is 16.8. The molecule has 0 atom stereocenters. The van der Waals surface area contributed by atoms with Crippen LogP contribution in [0.4, 0.5) is 5.69 Å². The number of nitrogens with zero attached hydrogens (tertiary/aromatic N) is 2. The van der Waals surface area contributed by atoms with E-state index in [0.29, 0.717) is 18.7 Å². The van der Waals surface area contributed by atoms with Gasteiger partial charge in [0.1, 0.15) is 11.8 Å². The summed E-state index contributed by atoms with van der Waals surface area (Å²) < 4.78 is 8.08. The maximum atomic E-state index is 10.0. The first-order chi connectivity index (χ1) is 13.6. The van der Waals surface area contributed by atoms with E-state index >= 15 is 0 Å². The Hall–Kier alpha value is -2.93. The van der Waals surface area contributed by atoms with Gasteiger partial charge in [0, 0.05) is 23.2 Å². The molecule has 4 nitrogen and oxygen atoms in total. The standard InChI is InChI=1S/C24H27N3O/c1-4-28-20-12-13-23-21(14-20)22(15-25)24(27(23)19-6-5-7-19)17-8-10-18(11-9-17)26-16(2)3/h8-14,16,19,26H,4-7H2,1-3H3. The summed E-state index contributed by atoms with van der Waals surface area (Å²) in [5.74, 6) is 0.820. The Balaban J connectivity index is 1.89. The molecule has 144 valence electrons. The predicted molar refractivity (Wildman–Crippen MR) is 115 cm³/mol. The summed E-state index contributed by atoms with van der Waals surface area (Å²) in [5.41, 5.74) is 5.10. The number of aromatic nitrogens is 1. The maximum Gasteiger partial charge on any atom is 0.120 e. The Bertz CT molecular complexity index is 1020. The minimum absolute atomic E-state index is 0.388. The molecule has 1 saturated carbocycles. The van der Waals surface area contributed by atoms with Gasteiger partial charge in [0.15, 0.2) is 0 Å². The molecule has 1 fully saturated rings. The molecular formula is C24H27N3O. The number of benzene rings is 2. The van der Waals surface area contributed by atoms with Gasteiger partial charge in [-0.05, 0) is 75.9 Å². The van der Waals surface area contributed by atoms with Gasteiger partial charge in [-0.2, -0.15) is 5.26 Å². The second kappa shape index (κ2) is 7.59. The molecular weight excluding hydrogens is 346 g/mol. The number of nitrogens with one attached hydrogen (secondary N) is 1. The molecule has 28 heavy (non-hydrogen) atoms. The number of ether oxygens (including phenoxy) is 1. The van der Waals surface area contributed by atoms with Gasteiger partial charge >= 0.3 is 0 Å². The van der Waals surface area contributed by atoms with Crippen molar-refractivity contribution in [2.75, 3.05) is 11.9 Å². The first kappa shape index (κ1) is 18.4. The zero-order valence-corrected chi connectivity index (χ0v) is 16.8. The second-order valence-electron chi connectivity index (χ2n) is 7.78. The number of rotatable bonds is 6. The van der Waals surface area contributed by atoms with Crippen LogP contribution in [0.1, 0.15) is 51.6 Å². The lowest BCUT2D eigenvalue weighted by Crippen LogP contribution is -2.17. The Morgan fingerprint density at radius 2 is 1.93 bits per heavy atom. The van der Waals surface area contributed by atoms with Gasteiger partial charge in [-0.3, -0.25) is 0 Å². The first-order valence-electron chi connectivity index (χ1n) is 10.2. The Labute approximate surface area is 166 Å². The average Bonchev–Trinajstić information content (AvgIpc) is 2.94. The van der Waals surface area contributed by atoms with Crippen LogP contribution in [0.3, 0.4) is 0 Å². The van der Waals surface area contributed by atoms with E-state index in [9.17, 15) is 5.26 Å². The molecule has 1 aliphatic rings. The maximum absolute atomic E-state index is 10.0. The first-order valence-corrected chi connectivity index (χ1v) is 10.2. The van der Waals surface area contributed by atoms with Crippen molar-refractivity contribution >= 4 is 16.6 Å². The van der Waals surface area contributed by atoms with Crippen molar-refractivity contribution in [3.05, 3.63) is 48.0 Å². The second-order valence-corrected chi connectivity index (χ2v) is 7.78. The highest BCUT2D eigenvalue weighted by atomic mass is 16.5. The van der Waals surface area contributed by atoms with E-state index in [-0.39, 0.29) is 0 Å². The largest absolute Gasteiger partial charge is 0.494 e. The lowest BCUT2D eigenvalue weighted by molar-refractivity contribution is 0.324. The quantitative estimate of drug-likeness (QED) is 0.566. The fourth-order valence-electron chi connectivity index (χ4n) is 4.03. The number of anilines is 1. The predicted octanol–water partition coefficient (Wildman–Crippen LogP) is 6.12. The molecule has 0 unspecified atom stereocenters. The van der Waals surface area contributed by atoms with Gasteiger partial charge < -0.3 is 14.6 Å². The minimum atomic E-state index is 0.388. The van der Waals surface area contributed by atoms with Crippen LogP contribution >= 0.6 is 0 Å². The van der Waals surface area contributed by atoms with Crippen LogP contribution < -0.4 is 10.1 Å². The van der Waals surface area contributed by atoms with E-state index in [1.807, 2.05) is 19.1 Å². The van der Waals surface area contributed by atoms with Gasteiger partial charge in [0.2, 0.25) is 0 Å². The number of hydrogen-bond donors (Lipinski definition) is 1. The summed E-state index contributed by atoms with van der Waals surface area (Å²) in [4.78, 5) is 0. The summed E-state index contributed by atoms with van der Waals surface area (Å²) in [7, 11) is 0. The summed E-state index contributed by atoms with van der Waals surface area (Å²) in [6.45, 7) is 6.86. The van der Waals surface area contributed by atoms with Gasteiger partial charge in [-0.1, -0.05) is 12.1 Å². The van der Waals surface area contributed by atoms with Gasteiger partial charge in [0.25, 0.3) is 0 Å². The summed E-state index contributed by atoms with van der Waals surface area (Å²) in [6, 6.07) is 17.9. The molecule has 0 radical (unpaired) electrons. The monoisotopic (exact) mass is 373 g/mol. The molecule has 2 aromatic carbocycles. The van der Waals surface area contributed by atoms with Crippen LogP contribution in [0.2, 0.25) is 0 Å². The van der Waals surface area contributed by atoms with Gasteiger partial charge in [-0.25, -0.2) is 0 Å². The molecule has 3 aromatic rings. The third kappa shape index (κ3) is 3.22. The van der Waals surface area contributed by atoms with Crippen molar-refractivity contribution in [2.45, 2.75) is 52.1 Å². The van der Waals surface area contributed by atoms with Crippen LogP contribution in [0.5, 0.6) is 5.75 Å². The van der Waals surface area contributed by atoms with E-state index in [0.717, 1.165) is 39.2 Å². The summed E-state index contributed by atoms with van der Waals surface area (Å²) >= 11 is 0. The molecule has 1 N–H and O–H groups in total. The Kier molecular flexibility index (Phi) is 5.00. The topological polar surface area (TPSA) is 50.0 Å². The molecule has 4 rings (SSSR count). The normalized spacial score (nSPS) is 14.1. The Morgan fingerprint density at radius 1 is 1.18 bits per heavy atom. The van der Waals surface area contributed by atoms with E-state index in [1.54, 1.807) is 0 Å². The molecule has 0 saturated heterocycles. The lowest BCUT2D eigenvalue weighted by Gasteiger charge is -2.30. The third-order valence-electron chi connectivity index (χ3n) is 5.45. The zero-order chi connectivity index (χ0) is 19.7.